The Kier molecular flexibility index (Phi) is 5.09. The van der Waals surface area contributed by atoms with Crippen LogP contribution in [0.3, 0.4) is 0 Å². The van der Waals surface area contributed by atoms with Crippen LogP contribution in [0.25, 0.3) is 0 Å². The number of carboxylic acid groups (broad SMARTS) is 1. The summed E-state index contributed by atoms with van der Waals surface area (Å²) >= 11 is 5.70. The van der Waals surface area contributed by atoms with Crippen molar-refractivity contribution in [2.45, 2.75) is 23.9 Å². The quantitative estimate of drug-likeness (QED) is 0.591. The molecule has 0 bridgehead atoms. The van der Waals surface area contributed by atoms with E-state index >= 15 is 0 Å². The van der Waals surface area contributed by atoms with Gasteiger partial charge in [-0.25, -0.2) is 8.42 Å². The van der Waals surface area contributed by atoms with E-state index in [1.807, 2.05) is 4.72 Å². The van der Waals surface area contributed by atoms with Gasteiger partial charge < -0.3 is 10.8 Å². The van der Waals surface area contributed by atoms with Crippen LogP contribution in [0, 0.1) is 0 Å². The van der Waals surface area contributed by atoms with Gasteiger partial charge in [0.05, 0.1) is 11.2 Å². The molecule has 1 rings (SSSR count). The highest BCUT2D eigenvalue weighted by Crippen LogP contribution is 2.20. The fourth-order valence-corrected chi connectivity index (χ4v) is 3.34. The van der Waals surface area contributed by atoms with Crippen molar-refractivity contribution in [2.24, 2.45) is 12.8 Å². The minimum Gasteiger partial charge on any atom is -0.480 e. The smallest absolute Gasteiger partial charge is 0.321 e. The minimum atomic E-state index is -4.18. The SMILES string of the molecule is Cn1ncc(Cl)c1S(=O)(=O)N[C@@H](CCC(N)=O)C(=O)O. The molecule has 11 heteroatoms. The average molecular weight is 325 g/mol. The second kappa shape index (κ2) is 6.20. The number of hydrogen-bond acceptors (Lipinski definition) is 5. The van der Waals surface area contributed by atoms with Crippen molar-refractivity contribution in [1.82, 2.24) is 14.5 Å². The maximum absolute atomic E-state index is 12.1. The fourth-order valence-electron chi connectivity index (χ4n) is 1.46. The molecule has 1 heterocycles. The second-order valence-electron chi connectivity index (χ2n) is 3.94. The molecule has 1 atom stereocenters. The molecule has 0 aliphatic carbocycles. The summed E-state index contributed by atoms with van der Waals surface area (Å²) in [5.74, 6) is -2.15. The third-order valence-corrected chi connectivity index (χ3v) is 4.35. The number of sulfonamides is 1. The summed E-state index contributed by atoms with van der Waals surface area (Å²) in [7, 11) is -2.84. The lowest BCUT2D eigenvalue weighted by Crippen LogP contribution is -2.42. The molecule has 20 heavy (non-hydrogen) atoms. The van der Waals surface area contributed by atoms with Gasteiger partial charge in [-0.3, -0.25) is 14.3 Å². The lowest BCUT2D eigenvalue weighted by atomic mass is 10.2. The van der Waals surface area contributed by atoms with Gasteiger partial charge in [-0.05, 0) is 6.42 Å². The predicted molar refractivity (Wildman–Crippen MR) is 68.4 cm³/mol. The van der Waals surface area contributed by atoms with Crippen LogP contribution >= 0.6 is 11.6 Å². The van der Waals surface area contributed by atoms with Crippen molar-refractivity contribution in [3.8, 4) is 0 Å². The first-order chi connectivity index (χ1) is 9.15. The zero-order chi connectivity index (χ0) is 15.5. The average Bonchev–Trinajstić information content (AvgIpc) is 2.64. The van der Waals surface area contributed by atoms with Crippen LogP contribution in [0.1, 0.15) is 12.8 Å². The van der Waals surface area contributed by atoms with Crippen molar-refractivity contribution in [3.05, 3.63) is 11.2 Å². The lowest BCUT2D eigenvalue weighted by molar-refractivity contribution is -0.139. The molecule has 1 aromatic heterocycles. The Bertz CT molecular complexity index is 607. The highest BCUT2D eigenvalue weighted by molar-refractivity contribution is 7.89. The molecule has 1 aromatic rings. The summed E-state index contributed by atoms with van der Waals surface area (Å²) in [5, 5.41) is 12.1. The largest absolute Gasteiger partial charge is 0.480 e. The summed E-state index contributed by atoms with van der Waals surface area (Å²) in [4.78, 5) is 21.6. The van der Waals surface area contributed by atoms with Crippen molar-refractivity contribution in [3.63, 3.8) is 0 Å². The molecule has 0 saturated heterocycles. The van der Waals surface area contributed by atoms with Gasteiger partial charge in [0.2, 0.25) is 5.91 Å². The number of rotatable bonds is 7. The molecule has 0 saturated carbocycles. The van der Waals surface area contributed by atoms with E-state index in [2.05, 4.69) is 5.10 Å². The number of aliphatic carboxylic acids is 1. The molecule has 0 unspecified atom stereocenters. The van der Waals surface area contributed by atoms with Crippen LogP contribution in [-0.4, -0.2) is 41.2 Å². The predicted octanol–water partition coefficient (Wildman–Crippen LogP) is -0.929. The number of halogens is 1. The number of carboxylic acids is 1. The fraction of sp³-hybridized carbons (Fsp3) is 0.444. The number of hydrogen-bond donors (Lipinski definition) is 3. The van der Waals surface area contributed by atoms with Crippen molar-refractivity contribution < 1.29 is 23.1 Å². The molecule has 0 aliphatic heterocycles. The number of primary amides is 1. The van der Waals surface area contributed by atoms with Crippen molar-refractivity contribution >= 4 is 33.5 Å². The summed E-state index contributed by atoms with van der Waals surface area (Å²) in [6.45, 7) is 0. The van der Waals surface area contributed by atoms with E-state index in [0.717, 1.165) is 10.9 Å². The zero-order valence-corrected chi connectivity index (χ0v) is 12.0. The number of carbonyl (C=O) groups excluding carboxylic acids is 1. The minimum absolute atomic E-state index is 0.140. The molecule has 112 valence electrons. The Labute approximate surface area is 119 Å². The molecule has 0 fully saturated rings. The first-order valence-electron chi connectivity index (χ1n) is 5.36. The molecule has 0 spiro atoms. The summed E-state index contributed by atoms with van der Waals surface area (Å²) in [5.41, 5.74) is 4.90. The van der Waals surface area contributed by atoms with E-state index in [1.165, 1.54) is 7.05 Å². The first-order valence-corrected chi connectivity index (χ1v) is 7.22. The van der Waals surface area contributed by atoms with E-state index in [9.17, 15) is 18.0 Å². The van der Waals surface area contributed by atoms with Gasteiger partial charge in [-0.15, -0.1) is 0 Å². The number of aryl methyl sites for hydroxylation is 1. The van der Waals surface area contributed by atoms with E-state index in [1.54, 1.807) is 0 Å². The Morgan fingerprint density at radius 2 is 2.20 bits per heavy atom. The summed E-state index contributed by atoms with van der Waals surface area (Å²) in [6.07, 6.45) is 0.591. The normalized spacial score (nSPS) is 13.1. The van der Waals surface area contributed by atoms with Gasteiger partial charge in [-0.1, -0.05) is 11.6 Å². The maximum atomic E-state index is 12.1. The number of amides is 1. The Balaban J connectivity index is 2.98. The van der Waals surface area contributed by atoms with Gasteiger partial charge in [0.15, 0.2) is 5.03 Å². The van der Waals surface area contributed by atoms with Crippen LogP contribution in [0.2, 0.25) is 5.02 Å². The Morgan fingerprint density at radius 1 is 1.60 bits per heavy atom. The number of nitrogens with zero attached hydrogens (tertiary/aromatic N) is 2. The van der Waals surface area contributed by atoms with Gasteiger partial charge in [-0.2, -0.15) is 9.82 Å². The van der Waals surface area contributed by atoms with Crippen LogP contribution in [0.15, 0.2) is 11.2 Å². The topological polar surface area (TPSA) is 144 Å². The highest BCUT2D eigenvalue weighted by atomic mass is 35.5. The Hall–Kier alpha value is -1.65. The van der Waals surface area contributed by atoms with E-state index in [-0.39, 0.29) is 22.9 Å². The van der Waals surface area contributed by atoms with Crippen LogP contribution in [-0.2, 0) is 26.7 Å². The Morgan fingerprint density at radius 3 is 2.60 bits per heavy atom. The summed E-state index contributed by atoms with van der Waals surface area (Å²) in [6, 6.07) is -1.49. The van der Waals surface area contributed by atoms with Crippen LogP contribution < -0.4 is 10.5 Å². The van der Waals surface area contributed by atoms with Crippen molar-refractivity contribution in [1.29, 1.82) is 0 Å². The van der Waals surface area contributed by atoms with Crippen LogP contribution in [0.4, 0.5) is 0 Å². The number of aromatic nitrogens is 2. The van der Waals surface area contributed by atoms with Gasteiger partial charge in [0.1, 0.15) is 6.04 Å². The standard InChI is InChI=1S/C9H13ClN4O5S/c1-14-8(5(10)4-12-14)20(18,19)13-6(9(16)17)2-3-7(11)15/h4,6,13H,2-3H2,1H3,(H2,11,15)(H,16,17)/t6-/m0/s1. The third-order valence-electron chi connectivity index (χ3n) is 2.37. The van der Waals surface area contributed by atoms with E-state index < -0.39 is 27.9 Å². The lowest BCUT2D eigenvalue weighted by Gasteiger charge is -2.14. The maximum Gasteiger partial charge on any atom is 0.321 e. The number of nitrogens with one attached hydrogen (secondary N) is 1. The molecule has 0 aromatic carbocycles. The molecule has 4 N–H and O–H groups in total. The third kappa shape index (κ3) is 3.92. The monoisotopic (exact) mass is 324 g/mol. The van der Waals surface area contributed by atoms with E-state index in [0.29, 0.717) is 0 Å². The first kappa shape index (κ1) is 16.4. The van der Waals surface area contributed by atoms with Crippen molar-refractivity contribution in [2.75, 3.05) is 0 Å². The van der Waals surface area contributed by atoms with Gasteiger partial charge in [0, 0.05) is 13.5 Å². The molecular weight excluding hydrogens is 312 g/mol. The molecule has 1 amide bonds. The number of nitrogens with two attached hydrogens (primary N) is 1. The molecule has 0 radical (unpaired) electrons. The number of carbonyl (C=O) groups is 2. The second-order valence-corrected chi connectivity index (χ2v) is 5.97. The molecule has 0 aliphatic rings. The van der Waals surface area contributed by atoms with Gasteiger partial charge in [0.25, 0.3) is 10.0 Å². The molecular formula is C9H13ClN4O5S. The van der Waals surface area contributed by atoms with Crippen LogP contribution in [0.5, 0.6) is 0 Å². The van der Waals surface area contributed by atoms with Gasteiger partial charge >= 0.3 is 5.97 Å². The van der Waals surface area contributed by atoms with E-state index in [4.69, 9.17) is 22.4 Å². The highest BCUT2D eigenvalue weighted by Gasteiger charge is 2.29. The zero-order valence-electron chi connectivity index (χ0n) is 10.4. The summed E-state index contributed by atoms with van der Waals surface area (Å²) < 4.78 is 27.1. The molecule has 9 nitrogen and oxygen atoms in total.